The fourth-order valence-corrected chi connectivity index (χ4v) is 5.53. The molecule has 0 aromatic carbocycles. The second kappa shape index (κ2) is 6.76. The zero-order chi connectivity index (χ0) is 21.1. The fraction of sp³-hybridized carbons (Fsp3) is 0.364. The van der Waals surface area contributed by atoms with Crippen LogP contribution in [0.15, 0.2) is 36.8 Å². The summed E-state index contributed by atoms with van der Waals surface area (Å²) in [5, 5.41) is 18.4. The molecule has 3 fully saturated rings. The van der Waals surface area contributed by atoms with E-state index in [1.54, 1.807) is 10.7 Å². The van der Waals surface area contributed by atoms with Gasteiger partial charge in [-0.05, 0) is 55.7 Å². The third-order valence-electron chi connectivity index (χ3n) is 6.94. The fourth-order valence-electron chi connectivity index (χ4n) is 5.53. The van der Waals surface area contributed by atoms with Crippen LogP contribution in [0, 0.1) is 23.6 Å². The van der Waals surface area contributed by atoms with Crippen LogP contribution in [0.25, 0.3) is 27.8 Å². The molecule has 158 valence electrons. The summed E-state index contributed by atoms with van der Waals surface area (Å²) in [6, 6.07) is 5.00. The Morgan fingerprint density at radius 2 is 2.06 bits per heavy atom. The van der Waals surface area contributed by atoms with Crippen molar-refractivity contribution in [3.63, 3.8) is 0 Å². The van der Waals surface area contributed by atoms with Crippen molar-refractivity contribution in [2.45, 2.75) is 31.7 Å². The van der Waals surface area contributed by atoms with Crippen molar-refractivity contribution in [2.75, 3.05) is 5.32 Å². The Hall–Kier alpha value is -3.49. The van der Waals surface area contributed by atoms with Gasteiger partial charge in [0.1, 0.15) is 17.2 Å². The number of carboxylic acid groups (broad SMARTS) is 1. The van der Waals surface area contributed by atoms with E-state index in [1.165, 1.54) is 12.3 Å². The number of nitrogens with zero attached hydrogens (tertiary/aromatic N) is 4. The lowest BCUT2D eigenvalue weighted by atomic mass is 9.61. The molecule has 4 aromatic heterocycles. The van der Waals surface area contributed by atoms with Crippen LogP contribution in [0.5, 0.6) is 0 Å². The molecule has 3 aliphatic rings. The van der Waals surface area contributed by atoms with Crippen LogP contribution in [0.1, 0.15) is 25.7 Å². The summed E-state index contributed by atoms with van der Waals surface area (Å²) in [7, 11) is 0. The number of aromatic amines is 1. The molecule has 0 aliphatic heterocycles. The second-order valence-electron chi connectivity index (χ2n) is 8.58. The molecule has 9 heteroatoms. The lowest BCUT2D eigenvalue weighted by molar-refractivity contribution is -0.148. The minimum atomic E-state index is -0.757. The molecule has 0 spiro atoms. The molecule has 2 bridgehead atoms. The highest BCUT2D eigenvalue weighted by Crippen LogP contribution is 2.46. The number of hydrogen-bond acceptors (Lipinski definition) is 5. The highest BCUT2D eigenvalue weighted by molar-refractivity contribution is 5.96. The van der Waals surface area contributed by atoms with Crippen molar-refractivity contribution in [1.82, 2.24) is 24.6 Å². The summed E-state index contributed by atoms with van der Waals surface area (Å²) < 4.78 is 15.6. The number of fused-ring (bicyclic) bond motifs is 5. The summed E-state index contributed by atoms with van der Waals surface area (Å²) in [5.41, 5.74) is 2.70. The highest BCUT2D eigenvalue weighted by atomic mass is 19.1. The molecule has 4 heterocycles. The largest absolute Gasteiger partial charge is 0.481 e. The van der Waals surface area contributed by atoms with E-state index in [4.69, 9.17) is 4.98 Å². The predicted molar refractivity (Wildman–Crippen MR) is 112 cm³/mol. The van der Waals surface area contributed by atoms with Gasteiger partial charge in [-0.3, -0.25) is 4.79 Å². The van der Waals surface area contributed by atoms with Crippen LogP contribution in [0.2, 0.25) is 0 Å². The summed E-state index contributed by atoms with van der Waals surface area (Å²) in [4.78, 5) is 24.0. The Morgan fingerprint density at radius 3 is 2.87 bits per heavy atom. The first-order valence-corrected chi connectivity index (χ1v) is 10.6. The van der Waals surface area contributed by atoms with Gasteiger partial charge in [0, 0.05) is 29.4 Å². The molecule has 4 aromatic rings. The normalized spacial score (nSPS) is 25.3. The van der Waals surface area contributed by atoms with Crippen LogP contribution in [0.4, 0.5) is 10.3 Å². The van der Waals surface area contributed by atoms with Crippen LogP contribution in [-0.2, 0) is 4.79 Å². The third-order valence-corrected chi connectivity index (χ3v) is 6.94. The molecule has 7 rings (SSSR count). The molecule has 3 saturated carbocycles. The maximum atomic E-state index is 13.9. The Morgan fingerprint density at radius 1 is 1.26 bits per heavy atom. The zero-order valence-corrected chi connectivity index (χ0v) is 16.6. The molecular weight excluding hydrogens is 399 g/mol. The first-order valence-electron chi connectivity index (χ1n) is 10.6. The first kappa shape index (κ1) is 18.3. The zero-order valence-electron chi connectivity index (χ0n) is 16.6. The van der Waals surface area contributed by atoms with E-state index in [-0.39, 0.29) is 12.0 Å². The van der Waals surface area contributed by atoms with Gasteiger partial charge in [0.05, 0.1) is 17.6 Å². The topological polar surface area (TPSA) is 108 Å². The van der Waals surface area contributed by atoms with Crippen molar-refractivity contribution in [3.8, 4) is 11.3 Å². The predicted octanol–water partition coefficient (Wildman–Crippen LogP) is 3.71. The van der Waals surface area contributed by atoms with E-state index in [1.807, 2.05) is 18.3 Å². The van der Waals surface area contributed by atoms with Gasteiger partial charge in [0.2, 0.25) is 5.95 Å². The van der Waals surface area contributed by atoms with E-state index in [0.29, 0.717) is 28.6 Å². The van der Waals surface area contributed by atoms with Crippen LogP contribution >= 0.6 is 0 Å². The summed E-state index contributed by atoms with van der Waals surface area (Å²) in [5.74, 6) is -0.753. The molecule has 0 amide bonds. The Balaban J connectivity index is 1.45. The van der Waals surface area contributed by atoms with Gasteiger partial charge >= 0.3 is 5.97 Å². The molecule has 3 N–H and O–H groups in total. The molecule has 3 aliphatic carbocycles. The molecule has 8 nitrogen and oxygen atoms in total. The number of pyridine rings is 1. The maximum Gasteiger partial charge on any atom is 0.308 e. The maximum absolute atomic E-state index is 13.9. The van der Waals surface area contributed by atoms with Gasteiger partial charge in [0.25, 0.3) is 0 Å². The van der Waals surface area contributed by atoms with Crippen LogP contribution in [-0.4, -0.2) is 41.7 Å². The number of aromatic nitrogens is 5. The van der Waals surface area contributed by atoms with Crippen molar-refractivity contribution in [3.05, 3.63) is 42.6 Å². The van der Waals surface area contributed by atoms with Gasteiger partial charge in [-0.1, -0.05) is 0 Å². The third kappa shape index (κ3) is 2.87. The van der Waals surface area contributed by atoms with E-state index >= 15 is 0 Å². The minimum Gasteiger partial charge on any atom is -0.481 e. The van der Waals surface area contributed by atoms with E-state index in [2.05, 4.69) is 20.4 Å². The number of H-pyrrole nitrogens is 1. The van der Waals surface area contributed by atoms with Crippen LogP contribution < -0.4 is 5.32 Å². The average Bonchev–Trinajstić information content (AvgIpc) is 3.40. The summed E-state index contributed by atoms with van der Waals surface area (Å²) in [6.45, 7) is 0. The quantitative estimate of drug-likeness (QED) is 0.464. The van der Waals surface area contributed by atoms with Gasteiger partial charge in [-0.25, -0.2) is 18.9 Å². The van der Waals surface area contributed by atoms with E-state index in [9.17, 15) is 14.3 Å². The number of aliphatic carboxylic acids is 1. The number of hydrogen-bond donors (Lipinski definition) is 3. The lowest BCUT2D eigenvalue weighted by Gasteiger charge is -2.46. The lowest BCUT2D eigenvalue weighted by Crippen LogP contribution is -2.51. The van der Waals surface area contributed by atoms with Crippen molar-refractivity contribution < 1.29 is 14.3 Å². The Labute approximate surface area is 176 Å². The highest BCUT2D eigenvalue weighted by Gasteiger charge is 2.47. The van der Waals surface area contributed by atoms with Gasteiger partial charge < -0.3 is 15.4 Å². The Kier molecular flexibility index (Phi) is 3.99. The monoisotopic (exact) mass is 420 g/mol. The summed E-state index contributed by atoms with van der Waals surface area (Å²) in [6.07, 6.45) is 8.75. The number of nitrogens with one attached hydrogen (secondary N) is 2. The second-order valence-corrected chi connectivity index (χ2v) is 8.58. The average molecular weight is 420 g/mol. The SMILES string of the molecule is O=C(O)[C@@H]1C(Nc2nc(-c3c[nH]c4ncc(F)cc34)c3cccn3n2)[C@H]2CC[C@@H]1CC2. The smallest absolute Gasteiger partial charge is 0.308 e. The molecule has 31 heavy (non-hydrogen) atoms. The molecule has 0 radical (unpaired) electrons. The summed E-state index contributed by atoms with van der Waals surface area (Å²) >= 11 is 0. The number of anilines is 1. The molecule has 0 saturated heterocycles. The van der Waals surface area contributed by atoms with E-state index < -0.39 is 17.7 Å². The molecule has 1 unspecified atom stereocenters. The van der Waals surface area contributed by atoms with Gasteiger partial charge in [0.15, 0.2) is 0 Å². The van der Waals surface area contributed by atoms with Crippen LogP contribution in [0.3, 0.4) is 0 Å². The van der Waals surface area contributed by atoms with Crippen molar-refractivity contribution >= 4 is 28.5 Å². The number of carbonyl (C=O) groups is 1. The number of halogens is 1. The van der Waals surface area contributed by atoms with Crippen molar-refractivity contribution in [1.29, 1.82) is 0 Å². The minimum absolute atomic E-state index is 0.192. The van der Waals surface area contributed by atoms with Gasteiger partial charge in [-0.2, -0.15) is 0 Å². The number of carboxylic acids is 1. The van der Waals surface area contributed by atoms with E-state index in [0.717, 1.165) is 36.8 Å². The first-order chi connectivity index (χ1) is 15.1. The van der Waals surface area contributed by atoms with Gasteiger partial charge in [-0.15, -0.1) is 5.10 Å². The van der Waals surface area contributed by atoms with Crippen molar-refractivity contribution in [2.24, 2.45) is 17.8 Å². The Bertz CT molecular complexity index is 1310. The molecule has 2 atom stereocenters. The molecular formula is C22H21FN6O2. The standard InChI is InChI=1S/C22H21FN6O2/c23-13-8-14-15(10-25-20(14)24-9-13)19-16-2-1-7-29(16)28-22(27-19)26-18-12-5-3-11(4-6-12)17(18)21(30)31/h1-2,7-12,17-18H,3-6H2,(H,24,25)(H,26,28)(H,30,31)/t11-,12+,17-,18?/m0/s1. The number of rotatable bonds is 4.